The zero-order valence-electron chi connectivity index (χ0n) is 17.3. The van der Waals surface area contributed by atoms with Gasteiger partial charge in [0, 0.05) is 30.0 Å². The third kappa shape index (κ3) is 4.01. The molecule has 0 saturated carbocycles. The Bertz CT molecular complexity index is 1330. The number of fused-ring (bicyclic) bond motifs is 1. The van der Waals surface area contributed by atoms with Crippen LogP contribution in [0.3, 0.4) is 0 Å². The second-order valence-electron chi connectivity index (χ2n) is 6.28. The van der Waals surface area contributed by atoms with Crippen LogP contribution >= 0.6 is 0 Å². The van der Waals surface area contributed by atoms with Crippen molar-refractivity contribution in [3.8, 4) is 6.07 Å². The highest BCUT2D eigenvalue weighted by Gasteiger charge is 2.10. The maximum Gasteiger partial charge on any atom is 0.323 e. The third-order valence-electron chi connectivity index (χ3n) is 4.26. The van der Waals surface area contributed by atoms with Gasteiger partial charge in [0.15, 0.2) is 0 Å². The number of nitrogens with zero attached hydrogens (tertiary/aromatic N) is 3. The van der Waals surface area contributed by atoms with E-state index < -0.39 is 12.5 Å². The van der Waals surface area contributed by atoms with Gasteiger partial charge in [-0.1, -0.05) is 12.1 Å². The summed E-state index contributed by atoms with van der Waals surface area (Å²) in [7, 11) is 0. The molecule has 2 aromatic carbocycles. The number of anilines is 3. The molecular formula is C22H18N6O. The quantitative estimate of drug-likeness (QED) is 0.490. The Morgan fingerprint density at radius 1 is 1.17 bits per heavy atom. The number of nitriles is 1. The molecule has 142 valence electrons. The van der Waals surface area contributed by atoms with Gasteiger partial charge in [-0.05, 0) is 54.1 Å². The van der Waals surface area contributed by atoms with Gasteiger partial charge in [0.05, 0.1) is 25.6 Å². The van der Waals surface area contributed by atoms with Crippen molar-refractivity contribution in [1.29, 1.82) is 5.26 Å². The highest BCUT2D eigenvalue weighted by Crippen LogP contribution is 2.25. The second-order valence-corrected chi connectivity index (χ2v) is 6.28. The van der Waals surface area contributed by atoms with Gasteiger partial charge in [0.2, 0.25) is 0 Å². The van der Waals surface area contributed by atoms with Crippen LogP contribution in [0, 0.1) is 11.3 Å². The lowest BCUT2D eigenvalue weighted by molar-refractivity contribution is 0.262. The van der Waals surface area contributed by atoms with E-state index in [0.717, 1.165) is 0 Å². The van der Waals surface area contributed by atoms with Crippen LogP contribution < -0.4 is 16.4 Å². The van der Waals surface area contributed by atoms with Crippen LogP contribution in [0.15, 0.2) is 73.1 Å². The molecule has 0 aliphatic rings. The van der Waals surface area contributed by atoms with Crippen molar-refractivity contribution in [2.45, 2.75) is 6.50 Å². The van der Waals surface area contributed by atoms with Crippen LogP contribution in [0.1, 0.15) is 13.9 Å². The largest absolute Gasteiger partial charge is 0.384 e. The molecule has 0 atom stereocenters. The summed E-state index contributed by atoms with van der Waals surface area (Å²) >= 11 is 0. The van der Waals surface area contributed by atoms with E-state index in [2.05, 4.69) is 15.6 Å². The molecule has 4 rings (SSSR count). The van der Waals surface area contributed by atoms with E-state index in [1.165, 1.54) is 16.8 Å². The molecule has 0 aliphatic carbocycles. The number of nitrogens with one attached hydrogen (secondary N) is 2. The minimum atomic E-state index is -1.88. The van der Waals surface area contributed by atoms with Crippen molar-refractivity contribution in [1.82, 2.24) is 9.55 Å². The smallest absolute Gasteiger partial charge is 0.323 e. The Morgan fingerprint density at radius 2 is 2.03 bits per heavy atom. The van der Waals surface area contributed by atoms with E-state index >= 15 is 0 Å². The molecule has 0 saturated heterocycles. The van der Waals surface area contributed by atoms with E-state index in [0.29, 0.717) is 33.4 Å². The highest BCUT2D eigenvalue weighted by atomic mass is 16.2. The number of nitrogen functional groups attached to an aromatic ring is 1. The maximum atomic E-state index is 12.5. The van der Waals surface area contributed by atoms with E-state index in [-0.39, 0.29) is 5.82 Å². The first kappa shape index (κ1) is 15.7. The molecule has 2 heterocycles. The Morgan fingerprint density at radius 3 is 2.86 bits per heavy atom. The lowest BCUT2D eigenvalue weighted by Gasteiger charge is -2.10. The van der Waals surface area contributed by atoms with E-state index in [1.807, 2.05) is 6.07 Å². The summed E-state index contributed by atoms with van der Waals surface area (Å²) in [6.45, 7) is -1.88. The van der Waals surface area contributed by atoms with Crippen LogP contribution in [0.4, 0.5) is 22.0 Å². The molecule has 29 heavy (non-hydrogen) atoms. The molecule has 7 heteroatoms. The average molecular weight is 384 g/mol. The Labute approximate surface area is 170 Å². The van der Waals surface area contributed by atoms with Gasteiger partial charge in [-0.2, -0.15) is 5.26 Å². The molecule has 7 nitrogen and oxygen atoms in total. The number of hydrogen-bond acceptors (Lipinski definition) is 4. The molecule has 0 radical (unpaired) electrons. The second kappa shape index (κ2) is 7.74. The molecule has 4 N–H and O–H groups in total. The third-order valence-corrected chi connectivity index (χ3v) is 4.26. The van der Waals surface area contributed by atoms with Gasteiger partial charge in [-0.3, -0.25) is 0 Å². The van der Waals surface area contributed by atoms with Gasteiger partial charge in [0.1, 0.15) is 5.82 Å². The fraction of sp³-hybridized carbons (Fsp3) is 0.0455. The minimum Gasteiger partial charge on any atom is -0.384 e. The number of urea groups is 1. The van der Waals surface area contributed by atoms with Crippen molar-refractivity contribution in [2.75, 3.05) is 16.4 Å². The standard InChI is InChI=1S/C22H18N6O/c23-13-15-3-1-4-17(11-15)26-22(29)27-19-5-2-6-20-18(19)8-10-28(20)14-16-7-9-25-21(24)12-16/h1-12H,14H2,(H2,24,25)(H2,26,27,29)/i14D2. The van der Waals surface area contributed by atoms with Crippen LogP contribution in [-0.4, -0.2) is 15.6 Å². The lowest BCUT2D eigenvalue weighted by atomic mass is 10.2. The fourth-order valence-corrected chi connectivity index (χ4v) is 2.98. The number of hydrogen-bond donors (Lipinski definition) is 3. The fourth-order valence-electron chi connectivity index (χ4n) is 2.98. The van der Waals surface area contributed by atoms with Crippen molar-refractivity contribution >= 4 is 34.1 Å². The number of nitrogens with two attached hydrogens (primary N) is 1. The van der Waals surface area contributed by atoms with Gasteiger partial charge in [-0.25, -0.2) is 9.78 Å². The molecule has 0 aliphatic heterocycles. The summed E-state index contributed by atoms with van der Waals surface area (Å²) in [4.78, 5) is 16.4. The number of rotatable bonds is 4. The van der Waals surface area contributed by atoms with E-state index in [4.69, 9.17) is 13.7 Å². The first-order valence-corrected chi connectivity index (χ1v) is 8.79. The van der Waals surface area contributed by atoms with Gasteiger partial charge >= 0.3 is 6.03 Å². The molecule has 0 unspecified atom stereocenters. The number of carbonyl (C=O) groups excluding carboxylic acids is 1. The minimum absolute atomic E-state index is 0.234. The SMILES string of the molecule is [2H]C([2H])(c1ccnc(N)c1)n1ccc2c(NC(=O)Nc3cccc(C#N)c3)cccc21. The number of amides is 2. The van der Waals surface area contributed by atoms with Crippen molar-refractivity contribution < 1.29 is 7.54 Å². The zero-order valence-corrected chi connectivity index (χ0v) is 15.3. The summed E-state index contributed by atoms with van der Waals surface area (Å²) in [5, 5.41) is 15.2. The Kier molecular flexibility index (Phi) is 4.20. The molecule has 0 fully saturated rings. The highest BCUT2D eigenvalue weighted by molar-refractivity contribution is 6.05. The van der Waals surface area contributed by atoms with Gasteiger partial charge in [-0.15, -0.1) is 0 Å². The summed E-state index contributed by atoms with van der Waals surface area (Å²) in [5.41, 5.74) is 8.15. The zero-order chi connectivity index (χ0) is 22.0. The van der Waals surface area contributed by atoms with Crippen LogP contribution in [-0.2, 0) is 6.50 Å². The van der Waals surface area contributed by atoms with Gasteiger partial charge < -0.3 is 20.9 Å². The summed E-state index contributed by atoms with van der Waals surface area (Å²) in [5.74, 6) is 0.234. The number of aromatic nitrogens is 2. The van der Waals surface area contributed by atoms with Crippen LogP contribution in [0.2, 0.25) is 0 Å². The Hall–Kier alpha value is -4.31. The average Bonchev–Trinajstić information content (AvgIpc) is 3.20. The number of carbonyl (C=O) groups is 1. The molecule has 2 amide bonds. The number of pyridine rings is 1. The molecule has 2 aromatic heterocycles. The monoisotopic (exact) mass is 384 g/mol. The van der Waals surface area contributed by atoms with E-state index in [1.54, 1.807) is 60.8 Å². The molecular weight excluding hydrogens is 364 g/mol. The van der Waals surface area contributed by atoms with Gasteiger partial charge in [0.25, 0.3) is 0 Å². The maximum absolute atomic E-state index is 12.5. The summed E-state index contributed by atoms with van der Waals surface area (Å²) < 4.78 is 18.7. The lowest BCUT2D eigenvalue weighted by Crippen LogP contribution is -2.19. The molecule has 4 aromatic rings. The molecule has 0 spiro atoms. The van der Waals surface area contributed by atoms with Crippen molar-refractivity contribution in [3.63, 3.8) is 0 Å². The Balaban J connectivity index is 1.63. The first-order chi connectivity index (χ1) is 14.9. The van der Waals surface area contributed by atoms with Crippen molar-refractivity contribution in [3.05, 3.63) is 84.2 Å². The normalized spacial score (nSPS) is 12.0. The van der Waals surface area contributed by atoms with Crippen LogP contribution in [0.25, 0.3) is 10.9 Å². The predicted molar refractivity (Wildman–Crippen MR) is 113 cm³/mol. The number of benzene rings is 2. The van der Waals surface area contributed by atoms with Crippen molar-refractivity contribution in [2.24, 2.45) is 0 Å². The summed E-state index contributed by atoms with van der Waals surface area (Å²) in [6, 6.07) is 18.2. The predicted octanol–water partition coefficient (Wildman–Crippen LogP) is 4.18. The molecule has 0 bridgehead atoms. The topological polar surface area (TPSA) is 109 Å². The first-order valence-electron chi connectivity index (χ1n) is 9.79. The summed E-state index contributed by atoms with van der Waals surface area (Å²) in [6.07, 6.45) is 3.09. The van der Waals surface area contributed by atoms with E-state index in [9.17, 15) is 4.79 Å². The van der Waals surface area contributed by atoms with Crippen LogP contribution in [0.5, 0.6) is 0 Å².